The van der Waals surface area contributed by atoms with Gasteiger partial charge in [-0.3, -0.25) is 9.69 Å². The number of amides is 1. The summed E-state index contributed by atoms with van der Waals surface area (Å²) in [5.74, 6) is 0.107. The van der Waals surface area contributed by atoms with Crippen LogP contribution in [-0.2, 0) is 16.8 Å². The van der Waals surface area contributed by atoms with Gasteiger partial charge in [0.15, 0.2) is 0 Å². The summed E-state index contributed by atoms with van der Waals surface area (Å²) in [5.41, 5.74) is 8.93. The molecule has 45 heavy (non-hydrogen) atoms. The van der Waals surface area contributed by atoms with E-state index < -0.39 is 5.41 Å². The van der Waals surface area contributed by atoms with Crippen molar-refractivity contribution in [2.24, 2.45) is 0 Å². The minimum atomic E-state index is -0.674. The van der Waals surface area contributed by atoms with Gasteiger partial charge in [0.25, 0.3) is 0 Å². The van der Waals surface area contributed by atoms with Crippen LogP contribution in [0.15, 0.2) is 133 Å². The number of rotatable bonds is 10. The zero-order valence-corrected chi connectivity index (χ0v) is 25.9. The summed E-state index contributed by atoms with van der Waals surface area (Å²) in [6.45, 7) is 5.80. The molecule has 5 aromatic carbocycles. The normalized spacial score (nSPS) is 15.3. The molecule has 1 saturated heterocycles. The van der Waals surface area contributed by atoms with E-state index in [-0.39, 0.29) is 5.91 Å². The van der Waals surface area contributed by atoms with Crippen molar-refractivity contribution in [1.82, 2.24) is 10.2 Å². The van der Waals surface area contributed by atoms with Gasteiger partial charge in [-0.1, -0.05) is 128 Å². The van der Waals surface area contributed by atoms with Gasteiger partial charge in [0.1, 0.15) is 5.41 Å². The van der Waals surface area contributed by atoms with Crippen molar-refractivity contribution < 1.29 is 4.79 Å². The van der Waals surface area contributed by atoms with E-state index in [0.29, 0.717) is 6.54 Å². The molecule has 226 valence electrons. The fourth-order valence-corrected chi connectivity index (χ4v) is 7.33. The number of piperazine rings is 1. The Morgan fingerprint density at radius 3 is 1.80 bits per heavy atom. The summed E-state index contributed by atoms with van der Waals surface area (Å²) in [6, 6.07) is 46.8. The van der Waals surface area contributed by atoms with Crippen molar-refractivity contribution in [3.8, 4) is 22.3 Å². The predicted molar refractivity (Wildman–Crippen MR) is 185 cm³/mol. The van der Waals surface area contributed by atoms with Crippen LogP contribution in [0.5, 0.6) is 0 Å². The van der Waals surface area contributed by atoms with E-state index in [0.717, 1.165) is 68.7 Å². The van der Waals surface area contributed by atoms with E-state index in [1.165, 1.54) is 27.9 Å². The summed E-state index contributed by atoms with van der Waals surface area (Å²) < 4.78 is 0. The Morgan fingerprint density at radius 2 is 1.16 bits per heavy atom. The Labute approximate surface area is 267 Å². The second kappa shape index (κ2) is 13.1. The fourth-order valence-electron chi connectivity index (χ4n) is 7.33. The number of benzene rings is 5. The van der Waals surface area contributed by atoms with Crippen LogP contribution in [-0.4, -0.2) is 43.5 Å². The third kappa shape index (κ3) is 5.91. The van der Waals surface area contributed by atoms with Gasteiger partial charge in [-0.05, 0) is 70.5 Å². The van der Waals surface area contributed by atoms with Gasteiger partial charge in [-0.2, -0.15) is 0 Å². The summed E-state index contributed by atoms with van der Waals surface area (Å²) in [6.07, 6.45) is 2.86. The molecule has 0 unspecified atom stereocenters. The van der Waals surface area contributed by atoms with Crippen molar-refractivity contribution in [3.63, 3.8) is 0 Å². The highest BCUT2D eigenvalue weighted by Gasteiger charge is 2.48. The van der Waals surface area contributed by atoms with E-state index in [9.17, 15) is 4.79 Å². The van der Waals surface area contributed by atoms with Crippen LogP contribution in [0.4, 0.5) is 5.69 Å². The lowest BCUT2D eigenvalue weighted by molar-refractivity contribution is -0.125. The Morgan fingerprint density at radius 1 is 0.600 bits per heavy atom. The van der Waals surface area contributed by atoms with Crippen molar-refractivity contribution in [3.05, 3.63) is 150 Å². The minimum absolute atomic E-state index is 0.107. The quantitative estimate of drug-likeness (QED) is 0.168. The third-order valence-corrected chi connectivity index (χ3v) is 9.74. The first-order valence-electron chi connectivity index (χ1n) is 16.4. The second-order valence-electron chi connectivity index (χ2n) is 12.4. The van der Waals surface area contributed by atoms with E-state index in [2.05, 4.69) is 130 Å². The van der Waals surface area contributed by atoms with Gasteiger partial charge in [-0.25, -0.2) is 0 Å². The summed E-state index contributed by atoms with van der Waals surface area (Å²) >= 11 is 0. The van der Waals surface area contributed by atoms with Crippen molar-refractivity contribution in [2.75, 3.05) is 37.6 Å². The molecule has 0 atom stereocenters. The average Bonchev–Trinajstić information content (AvgIpc) is 3.41. The van der Waals surface area contributed by atoms with Crippen molar-refractivity contribution in [1.29, 1.82) is 0 Å². The minimum Gasteiger partial charge on any atom is -0.369 e. The van der Waals surface area contributed by atoms with Gasteiger partial charge >= 0.3 is 0 Å². The number of nitrogens with one attached hydrogen (secondary N) is 1. The SMILES string of the molecule is O=C(NCc1ccccc1)C1(CCCCN2CCN(c3ccc(-c4ccccc4)cc3)CC2)c2ccccc2-c2ccccc21. The van der Waals surface area contributed by atoms with Crippen LogP contribution >= 0.6 is 0 Å². The van der Waals surface area contributed by atoms with E-state index in [4.69, 9.17) is 0 Å². The average molecular weight is 592 g/mol. The number of hydrogen-bond acceptors (Lipinski definition) is 3. The maximum absolute atomic E-state index is 14.3. The summed E-state index contributed by atoms with van der Waals surface area (Å²) in [5, 5.41) is 3.33. The molecule has 2 aliphatic rings. The lowest BCUT2D eigenvalue weighted by Crippen LogP contribution is -2.47. The molecule has 1 heterocycles. The van der Waals surface area contributed by atoms with Gasteiger partial charge in [0.2, 0.25) is 5.91 Å². The van der Waals surface area contributed by atoms with Gasteiger partial charge in [0, 0.05) is 38.4 Å². The maximum atomic E-state index is 14.3. The molecule has 0 spiro atoms. The first-order valence-corrected chi connectivity index (χ1v) is 16.4. The number of unbranched alkanes of at least 4 members (excludes halogenated alkanes) is 1. The zero-order valence-electron chi connectivity index (χ0n) is 25.9. The monoisotopic (exact) mass is 591 g/mol. The molecule has 1 aliphatic heterocycles. The lowest BCUT2D eigenvalue weighted by Gasteiger charge is -2.36. The molecule has 1 aliphatic carbocycles. The number of anilines is 1. The Balaban J connectivity index is 0.992. The first-order chi connectivity index (χ1) is 22.2. The number of carbonyl (C=O) groups is 1. The molecule has 7 rings (SSSR count). The Kier molecular flexibility index (Phi) is 8.48. The van der Waals surface area contributed by atoms with Gasteiger partial charge < -0.3 is 10.2 Å². The molecule has 5 aromatic rings. The van der Waals surface area contributed by atoms with Crippen LogP contribution in [0.1, 0.15) is 36.0 Å². The maximum Gasteiger partial charge on any atom is 0.235 e. The number of carbonyl (C=O) groups excluding carboxylic acids is 1. The molecule has 4 heteroatoms. The summed E-state index contributed by atoms with van der Waals surface area (Å²) in [4.78, 5) is 19.4. The van der Waals surface area contributed by atoms with Crippen LogP contribution in [0, 0.1) is 0 Å². The number of hydrogen-bond donors (Lipinski definition) is 1. The molecule has 4 nitrogen and oxygen atoms in total. The van der Waals surface area contributed by atoms with E-state index in [1.54, 1.807) is 0 Å². The highest BCUT2D eigenvalue weighted by Crippen LogP contribution is 2.51. The Hall–Kier alpha value is -4.67. The number of nitrogens with zero attached hydrogens (tertiary/aromatic N) is 2. The highest BCUT2D eigenvalue weighted by molar-refractivity contribution is 6.00. The highest BCUT2D eigenvalue weighted by atomic mass is 16.2. The van der Waals surface area contributed by atoms with Gasteiger partial charge in [-0.15, -0.1) is 0 Å². The number of fused-ring (bicyclic) bond motifs is 3. The Bertz CT molecular complexity index is 1680. The van der Waals surface area contributed by atoms with E-state index >= 15 is 0 Å². The largest absolute Gasteiger partial charge is 0.369 e. The van der Waals surface area contributed by atoms with Crippen molar-refractivity contribution in [2.45, 2.75) is 31.2 Å². The fraction of sp³-hybridized carbons (Fsp3) is 0.244. The topological polar surface area (TPSA) is 35.6 Å². The lowest BCUT2D eigenvalue weighted by atomic mass is 9.73. The predicted octanol–water partition coefficient (Wildman–Crippen LogP) is 7.93. The summed E-state index contributed by atoms with van der Waals surface area (Å²) in [7, 11) is 0. The first kappa shape index (κ1) is 29.1. The van der Waals surface area contributed by atoms with E-state index in [1.807, 2.05) is 18.2 Å². The second-order valence-corrected chi connectivity index (χ2v) is 12.4. The molecule has 0 radical (unpaired) electrons. The van der Waals surface area contributed by atoms with Crippen molar-refractivity contribution >= 4 is 11.6 Å². The smallest absolute Gasteiger partial charge is 0.235 e. The molecular formula is C41H41N3O. The van der Waals surface area contributed by atoms with Crippen LogP contribution in [0.3, 0.4) is 0 Å². The van der Waals surface area contributed by atoms with Crippen LogP contribution in [0.25, 0.3) is 22.3 Å². The van der Waals surface area contributed by atoms with Crippen LogP contribution in [0.2, 0.25) is 0 Å². The molecular weight excluding hydrogens is 550 g/mol. The standard InChI is InChI=1S/C41H41N3O/c45-40(42-31-32-13-3-1-4-14-32)41(38-19-9-7-17-36(38)37-18-8-10-20-39(37)41)25-11-12-26-43-27-29-44(30-28-43)35-23-21-34(22-24-35)33-15-5-2-6-16-33/h1-10,13-24H,11-12,25-31H2,(H,42,45). The molecule has 1 N–H and O–H groups in total. The zero-order chi connectivity index (χ0) is 30.5. The van der Waals surface area contributed by atoms with Gasteiger partial charge in [0.05, 0.1) is 0 Å². The molecule has 1 amide bonds. The molecule has 0 saturated carbocycles. The molecule has 1 fully saturated rings. The molecule has 0 bridgehead atoms. The molecule has 0 aromatic heterocycles. The third-order valence-electron chi connectivity index (χ3n) is 9.74. The van der Waals surface area contributed by atoms with Crippen LogP contribution < -0.4 is 10.2 Å².